The molecule has 4 N–H and O–H groups in total. The molecule has 1 aromatic heterocycles. The Labute approximate surface area is 74.9 Å². The lowest BCUT2D eigenvalue weighted by atomic mass is 10.5. The molecule has 6 heteroatoms. The van der Waals surface area contributed by atoms with Crippen LogP contribution in [0.4, 0.5) is 11.6 Å². The van der Waals surface area contributed by atoms with Gasteiger partial charge in [0.2, 0.25) is 5.95 Å². The summed E-state index contributed by atoms with van der Waals surface area (Å²) in [5.41, 5.74) is 10.7. The second-order valence-electron chi connectivity index (χ2n) is 2.24. The first-order chi connectivity index (χ1) is 6.13. The van der Waals surface area contributed by atoms with E-state index in [0.29, 0.717) is 0 Å². The van der Waals surface area contributed by atoms with Gasteiger partial charge in [-0.1, -0.05) is 6.92 Å². The minimum absolute atomic E-state index is 0.0342. The predicted octanol–water partition coefficient (Wildman–Crippen LogP) is -0.243. The number of ether oxygens (including phenoxy) is 1. The van der Waals surface area contributed by atoms with Crippen LogP contribution in [-0.2, 0) is 4.79 Å². The number of rotatable bonds is 2. The molecule has 13 heavy (non-hydrogen) atoms. The summed E-state index contributed by atoms with van der Waals surface area (Å²) in [5.74, 6) is -0.509. The van der Waals surface area contributed by atoms with E-state index in [0.717, 1.165) is 0 Å². The summed E-state index contributed by atoms with van der Waals surface area (Å²) in [6.07, 6.45) is 2.60. The summed E-state index contributed by atoms with van der Waals surface area (Å²) in [6.45, 7) is 1.66. The Bertz CT molecular complexity index is 326. The molecule has 1 rings (SSSR count). The predicted molar refractivity (Wildman–Crippen MR) is 45.6 cm³/mol. The molecule has 0 aromatic carbocycles. The number of esters is 1. The maximum atomic E-state index is 10.9. The molecular weight excluding hydrogens is 172 g/mol. The van der Waals surface area contributed by atoms with E-state index in [4.69, 9.17) is 16.2 Å². The first-order valence-corrected chi connectivity index (χ1v) is 3.64. The Morgan fingerprint density at radius 3 is 2.92 bits per heavy atom. The standard InChI is InChI=1S/C7H9N4O2/c1-2-5(12)13-6-4(8)3-10-7(9)11-6/h2,8H2,1H3,(H2,9,10,11). The van der Waals surface area contributed by atoms with Gasteiger partial charge in [0.15, 0.2) is 0 Å². The Morgan fingerprint density at radius 1 is 1.62 bits per heavy atom. The van der Waals surface area contributed by atoms with Crippen LogP contribution in [0.15, 0.2) is 0 Å². The van der Waals surface area contributed by atoms with E-state index >= 15 is 0 Å². The molecule has 69 valence electrons. The third-order valence-corrected chi connectivity index (χ3v) is 1.24. The first-order valence-electron chi connectivity index (χ1n) is 3.64. The van der Waals surface area contributed by atoms with E-state index in [9.17, 15) is 4.79 Å². The number of hydrogen-bond acceptors (Lipinski definition) is 6. The Kier molecular flexibility index (Phi) is 2.63. The molecule has 0 amide bonds. The SMILES string of the molecule is CCC(=O)Oc1nc(N)n[c]c1N. The van der Waals surface area contributed by atoms with Gasteiger partial charge in [-0.25, -0.2) is 4.98 Å². The average molecular weight is 181 g/mol. The number of carbonyl (C=O) groups is 1. The van der Waals surface area contributed by atoms with Gasteiger partial charge in [-0.3, -0.25) is 4.79 Å². The number of nitrogens with two attached hydrogens (primary N) is 2. The van der Waals surface area contributed by atoms with Gasteiger partial charge in [0, 0.05) is 6.42 Å². The monoisotopic (exact) mass is 181 g/mol. The molecule has 0 aliphatic rings. The van der Waals surface area contributed by atoms with E-state index in [1.165, 1.54) is 0 Å². The van der Waals surface area contributed by atoms with Gasteiger partial charge in [0.05, 0.1) is 0 Å². The number of hydrogen-bond donors (Lipinski definition) is 2. The van der Waals surface area contributed by atoms with Crippen molar-refractivity contribution in [3.63, 3.8) is 0 Å². The molecular formula is C7H9N4O2. The van der Waals surface area contributed by atoms with Gasteiger partial charge in [-0.2, -0.15) is 4.98 Å². The van der Waals surface area contributed by atoms with Crippen molar-refractivity contribution in [3.8, 4) is 5.88 Å². The molecule has 0 bridgehead atoms. The second-order valence-corrected chi connectivity index (χ2v) is 2.24. The fourth-order valence-corrected chi connectivity index (χ4v) is 0.612. The fourth-order valence-electron chi connectivity index (χ4n) is 0.612. The maximum absolute atomic E-state index is 10.9. The Morgan fingerprint density at radius 2 is 2.31 bits per heavy atom. The van der Waals surface area contributed by atoms with Crippen LogP contribution >= 0.6 is 0 Å². The first kappa shape index (κ1) is 9.24. The molecule has 0 fully saturated rings. The van der Waals surface area contributed by atoms with Crippen LogP contribution < -0.4 is 16.2 Å². The normalized spacial score (nSPS) is 9.62. The Hall–Kier alpha value is -1.85. The van der Waals surface area contributed by atoms with Crippen LogP contribution in [-0.4, -0.2) is 15.9 Å². The maximum Gasteiger partial charge on any atom is 0.312 e. The zero-order valence-corrected chi connectivity index (χ0v) is 7.07. The molecule has 0 aliphatic heterocycles. The van der Waals surface area contributed by atoms with Gasteiger partial charge in [0.25, 0.3) is 5.88 Å². The van der Waals surface area contributed by atoms with Crippen LogP contribution in [0.2, 0.25) is 0 Å². The largest absolute Gasteiger partial charge is 0.405 e. The van der Waals surface area contributed by atoms with Crippen molar-refractivity contribution in [1.29, 1.82) is 0 Å². The molecule has 1 heterocycles. The average Bonchev–Trinajstić information content (AvgIpc) is 2.11. The summed E-state index contributed by atoms with van der Waals surface area (Å²) in [4.78, 5) is 18.0. The van der Waals surface area contributed by atoms with E-state index < -0.39 is 5.97 Å². The molecule has 6 nitrogen and oxygen atoms in total. The topological polar surface area (TPSA) is 104 Å². The van der Waals surface area contributed by atoms with Crippen LogP contribution in [0.1, 0.15) is 13.3 Å². The highest BCUT2D eigenvalue weighted by Crippen LogP contribution is 2.16. The van der Waals surface area contributed by atoms with Crippen molar-refractivity contribution < 1.29 is 9.53 Å². The lowest BCUT2D eigenvalue weighted by molar-refractivity contribution is -0.134. The lowest BCUT2D eigenvalue weighted by Gasteiger charge is -2.03. The third-order valence-electron chi connectivity index (χ3n) is 1.24. The van der Waals surface area contributed by atoms with Gasteiger partial charge < -0.3 is 16.2 Å². The third kappa shape index (κ3) is 2.29. The number of nitrogen functional groups attached to an aromatic ring is 2. The van der Waals surface area contributed by atoms with Gasteiger partial charge in [-0.15, -0.1) is 0 Å². The van der Waals surface area contributed by atoms with Crippen molar-refractivity contribution in [1.82, 2.24) is 9.97 Å². The molecule has 1 radical (unpaired) electrons. The van der Waals surface area contributed by atoms with Crippen LogP contribution in [0.25, 0.3) is 0 Å². The summed E-state index contributed by atoms with van der Waals surface area (Å²) in [7, 11) is 0. The molecule has 0 saturated heterocycles. The number of nitrogens with zero attached hydrogens (tertiary/aromatic N) is 2. The van der Waals surface area contributed by atoms with E-state index in [-0.39, 0.29) is 23.9 Å². The van der Waals surface area contributed by atoms with Crippen molar-refractivity contribution in [2.45, 2.75) is 13.3 Å². The number of aromatic nitrogens is 2. The summed E-state index contributed by atoms with van der Waals surface area (Å²) < 4.78 is 4.75. The zero-order chi connectivity index (χ0) is 9.84. The van der Waals surface area contributed by atoms with Gasteiger partial charge in [0.1, 0.15) is 11.9 Å². The minimum atomic E-state index is -0.432. The van der Waals surface area contributed by atoms with E-state index in [2.05, 4.69) is 16.2 Å². The highest BCUT2D eigenvalue weighted by atomic mass is 16.5. The van der Waals surface area contributed by atoms with Crippen LogP contribution in [0, 0.1) is 6.20 Å². The van der Waals surface area contributed by atoms with Crippen molar-refractivity contribution in [2.24, 2.45) is 0 Å². The Balaban J connectivity index is 2.87. The summed E-state index contributed by atoms with van der Waals surface area (Å²) in [6, 6.07) is 0. The van der Waals surface area contributed by atoms with Gasteiger partial charge in [-0.05, 0) is 0 Å². The highest BCUT2D eigenvalue weighted by Gasteiger charge is 2.08. The fraction of sp³-hybridized carbons (Fsp3) is 0.286. The zero-order valence-electron chi connectivity index (χ0n) is 7.07. The smallest absolute Gasteiger partial charge is 0.312 e. The molecule has 0 aliphatic carbocycles. The molecule has 1 aromatic rings. The minimum Gasteiger partial charge on any atom is -0.405 e. The van der Waals surface area contributed by atoms with Crippen LogP contribution in [0.5, 0.6) is 5.88 Å². The van der Waals surface area contributed by atoms with Gasteiger partial charge >= 0.3 is 5.97 Å². The quantitative estimate of drug-likeness (QED) is 0.610. The number of carbonyl (C=O) groups excluding carboxylic acids is 1. The van der Waals surface area contributed by atoms with Crippen molar-refractivity contribution >= 4 is 17.6 Å². The number of anilines is 2. The molecule has 0 unspecified atom stereocenters. The van der Waals surface area contributed by atoms with E-state index in [1.807, 2.05) is 0 Å². The lowest BCUT2D eigenvalue weighted by Crippen LogP contribution is -2.10. The van der Waals surface area contributed by atoms with Crippen LogP contribution in [0.3, 0.4) is 0 Å². The molecule has 0 spiro atoms. The van der Waals surface area contributed by atoms with Crippen molar-refractivity contribution in [3.05, 3.63) is 6.20 Å². The second kappa shape index (κ2) is 3.70. The van der Waals surface area contributed by atoms with E-state index in [1.54, 1.807) is 6.92 Å². The summed E-state index contributed by atoms with van der Waals surface area (Å²) in [5, 5.41) is 0. The molecule has 0 saturated carbocycles. The summed E-state index contributed by atoms with van der Waals surface area (Å²) >= 11 is 0. The van der Waals surface area contributed by atoms with Crippen molar-refractivity contribution in [2.75, 3.05) is 11.5 Å². The molecule has 0 atom stereocenters. The highest BCUT2D eigenvalue weighted by molar-refractivity contribution is 5.73.